The van der Waals surface area contributed by atoms with Gasteiger partial charge in [-0.1, -0.05) is 19.9 Å². The molecule has 3 heteroatoms. The van der Waals surface area contributed by atoms with E-state index in [1.165, 1.54) is 34.7 Å². The predicted octanol–water partition coefficient (Wildman–Crippen LogP) is 3.89. The third kappa shape index (κ3) is 2.29. The fourth-order valence-corrected chi connectivity index (χ4v) is 3.61. The van der Waals surface area contributed by atoms with Crippen molar-refractivity contribution in [3.05, 3.63) is 28.8 Å². The van der Waals surface area contributed by atoms with Crippen LogP contribution in [0, 0.1) is 0 Å². The summed E-state index contributed by atoms with van der Waals surface area (Å²) < 4.78 is 1.35. The largest absolute Gasteiger partial charge is 0.316 e. The highest BCUT2D eigenvalue weighted by molar-refractivity contribution is 7.18. The third-order valence-electron chi connectivity index (χ3n) is 3.69. The number of nitrogens with zero attached hydrogens (tertiary/aromatic N) is 1. The highest BCUT2D eigenvalue weighted by Gasteiger charge is 2.16. The number of rotatable bonds is 2. The van der Waals surface area contributed by atoms with Gasteiger partial charge in [0.1, 0.15) is 0 Å². The second-order valence-corrected chi connectivity index (χ2v) is 6.54. The van der Waals surface area contributed by atoms with Gasteiger partial charge in [-0.25, -0.2) is 4.98 Å². The van der Waals surface area contributed by atoms with Crippen molar-refractivity contribution in [2.24, 2.45) is 0 Å². The summed E-state index contributed by atoms with van der Waals surface area (Å²) in [6.07, 6.45) is 2.61. The molecule has 1 fully saturated rings. The van der Waals surface area contributed by atoms with Crippen LogP contribution in [-0.4, -0.2) is 18.1 Å². The molecule has 0 spiro atoms. The summed E-state index contributed by atoms with van der Waals surface area (Å²) in [5, 5.41) is 4.75. The highest BCUT2D eigenvalue weighted by atomic mass is 32.1. The van der Waals surface area contributed by atoms with Gasteiger partial charge in [-0.2, -0.15) is 0 Å². The molecular weight excluding hydrogens is 240 g/mol. The minimum atomic E-state index is 0.530. The normalized spacial score (nSPS) is 20.7. The Labute approximate surface area is 112 Å². The first-order valence-electron chi connectivity index (χ1n) is 6.85. The standard InChI is InChI=1S/C15H20N2S/c1-10(2)15-17-13-6-5-11(8-14(13)18-15)12-4-3-7-16-9-12/h5-6,8,10,12,16H,3-4,7,9H2,1-2H3. The minimum Gasteiger partial charge on any atom is -0.316 e. The number of piperidine rings is 1. The molecule has 1 aromatic carbocycles. The van der Waals surface area contributed by atoms with Crippen molar-refractivity contribution >= 4 is 21.6 Å². The van der Waals surface area contributed by atoms with Gasteiger partial charge in [-0.15, -0.1) is 11.3 Å². The van der Waals surface area contributed by atoms with Crippen LogP contribution in [0.2, 0.25) is 0 Å². The van der Waals surface area contributed by atoms with Crippen molar-refractivity contribution in [3.63, 3.8) is 0 Å². The van der Waals surface area contributed by atoms with E-state index < -0.39 is 0 Å². The molecule has 1 aliphatic rings. The van der Waals surface area contributed by atoms with E-state index >= 15 is 0 Å². The molecule has 18 heavy (non-hydrogen) atoms. The van der Waals surface area contributed by atoms with Crippen molar-refractivity contribution < 1.29 is 0 Å². The molecule has 0 saturated carbocycles. The monoisotopic (exact) mass is 260 g/mol. The molecule has 0 aliphatic carbocycles. The summed E-state index contributed by atoms with van der Waals surface area (Å²) >= 11 is 1.85. The SMILES string of the molecule is CC(C)c1nc2ccc(C3CCCNC3)cc2s1. The Morgan fingerprint density at radius 2 is 2.28 bits per heavy atom. The number of thiazole rings is 1. The average Bonchev–Trinajstić information content (AvgIpc) is 2.82. The van der Waals surface area contributed by atoms with Crippen molar-refractivity contribution in [2.45, 2.75) is 38.5 Å². The Hall–Kier alpha value is -0.930. The Morgan fingerprint density at radius 1 is 1.39 bits per heavy atom. The summed E-state index contributed by atoms with van der Waals surface area (Å²) in [4.78, 5) is 4.70. The summed E-state index contributed by atoms with van der Waals surface area (Å²) in [5.74, 6) is 1.22. The van der Waals surface area contributed by atoms with E-state index in [0.29, 0.717) is 11.8 Å². The van der Waals surface area contributed by atoms with Crippen LogP contribution >= 0.6 is 11.3 Å². The zero-order valence-electron chi connectivity index (χ0n) is 11.1. The molecule has 2 heterocycles. The predicted molar refractivity (Wildman–Crippen MR) is 78.6 cm³/mol. The summed E-state index contributed by atoms with van der Waals surface area (Å²) in [6, 6.07) is 6.82. The molecule has 1 N–H and O–H groups in total. The Morgan fingerprint density at radius 3 is 3.00 bits per heavy atom. The molecule has 2 aromatic rings. The van der Waals surface area contributed by atoms with E-state index in [1.807, 2.05) is 11.3 Å². The third-order valence-corrected chi connectivity index (χ3v) is 5.01. The number of nitrogens with one attached hydrogen (secondary N) is 1. The molecular formula is C15H20N2S. The Balaban J connectivity index is 1.94. The van der Waals surface area contributed by atoms with E-state index in [0.717, 1.165) is 12.1 Å². The van der Waals surface area contributed by atoms with Gasteiger partial charge in [-0.3, -0.25) is 0 Å². The van der Waals surface area contributed by atoms with E-state index in [4.69, 9.17) is 4.98 Å². The number of hydrogen-bond acceptors (Lipinski definition) is 3. The lowest BCUT2D eigenvalue weighted by Crippen LogP contribution is -2.28. The first-order chi connectivity index (χ1) is 8.74. The number of benzene rings is 1. The van der Waals surface area contributed by atoms with Crippen LogP contribution in [0.5, 0.6) is 0 Å². The van der Waals surface area contributed by atoms with E-state index in [9.17, 15) is 0 Å². The van der Waals surface area contributed by atoms with Crippen molar-refractivity contribution in [2.75, 3.05) is 13.1 Å². The molecule has 1 atom stereocenters. The van der Waals surface area contributed by atoms with Gasteiger partial charge < -0.3 is 5.32 Å². The van der Waals surface area contributed by atoms with Crippen LogP contribution in [0.3, 0.4) is 0 Å². The van der Waals surface area contributed by atoms with Gasteiger partial charge in [0, 0.05) is 12.5 Å². The zero-order valence-corrected chi connectivity index (χ0v) is 11.9. The molecule has 1 saturated heterocycles. The number of hydrogen-bond donors (Lipinski definition) is 1. The highest BCUT2D eigenvalue weighted by Crippen LogP contribution is 2.31. The van der Waals surface area contributed by atoms with E-state index in [2.05, 4.69) is 37.4 Å². The maximum atomic E-state index is 4.70. The average molecular weight is 260 g/mol. The molecule has 1 aliphatic heterocycles. The van der Waals surface area contributed by atoms with Crippen LogP contribution in [-0.2, 0) is 0 Å². The van der Waals surface area contributed by atoms with Gasteiger partial charge in [0.25, 0.3) is 0 Å². The Bertz CT molecular complexity index is 538. The second kappa shape index (κ2) is 4.98. The van der Waals surface area contributed by atoms with Crippen molar-refractivity contribution in [3.8, 4) is 0 Å². The topological polar surface area (TPSA) is 24.9 Å². The van der Waals surface area contributed by atoms with Crippen LogP contribution in [0.4, 0.5) is 0 Å². The summed E-state index contributed by atoms with van der Waals surface area (Å²) in [6.45, 7) is 6.73. The van der Waals surface area contributed by atoms with Gasteiger partial charge in [0.05, 0.1) is 15.2 Å². The molecule has 1 aromatic heterocycles. The van der Waals surface area contributed by atoms with Crippen molar-refractivity contribution in [1.82, 2.24) is 10.3 Å². The van der Waals surface area contributed by atoms with Gasteiger partial charge in [0.15, 0.2) is 0 Å². The fourth-order valence-electron chi connectivity index (χ4n) is 2.60. The molecule has 2 nitrogen and oxygen atoms in total. The Kier molecular flexibility index (Phi) is 3.35. The molecule has 1 unspecified atom stereocenters. The smallest absolute Gasteiger partial charge is 0.0963 e. The lowest BCUT2D eigenvalue weighted by Gasteiger charge is -2.22. The molecule has 0 amide bonds. The summed E-state index contributed by atoms with van der Waals surface area (Å²) in [7, 11) is 0. The molecule has 0 bridgehead atoms. The first-order valence-corrected chi connectivity index (χ1v) is 7.67. The van der Waals surface area contributed by atoms with Crippen LogP contribution < -0.4 is 5.32 Å². The van der Waals surface area contributed by atoms with Gasteiger partial charge >= 0.3 is 0 Å². The summed E-state index contributed by atoms with van der Waals surface area (Å²) in [5.41, 5.74) is 2.64. The van der Waals surface area contributed by atoms with Crippen LogP contribution in [0.15, 0.2) is 18.2 Å². The van der Waals surface area contributed by atoms with E-state index in [-0.39, 0.29) is 0 Å². The van der Waals surface area contributed by atoms with Crippen molar-refractivity contribution in [1.29, 1.82) is 0 Å². The second-order valence-electron chi connectivity index (χ2n) is 5.48. The molecule has 96 valence electrons. The number of aromatic nitrogens is 1. The molecule has 0 radical (unpaired) electrons. The maximum absolute atomic E-state index is 4.70. The maximum Gasteiger partial charge on any atom is 0.0963 e. The first kappa shape index (κ1) is 12.1. The van der Waals surface area contributed by atoms with Gasteiger partial charge in [-0.05, 0) is 43.0 Å². The lowest BCUT2D eigenvalue weighted by molar-refractivity contribution is 0.462. The van der Waals surface area contributed by atoms with E-state index in [1.54, 1.807) is 0 Å². The zero-order chi connectivity index (χ0) is 12.5. The molecule has 3 rings (SSSR count). The van der Waals surface area contributed by atoms with Crippen LogP contribution in [0.1, 0.15) is 49.1 Å². The quantitative estimate of drug-likeness (QED) is 0.886. The van der Waals surface area contributed by atoms with Gasteiger partial charge in [0.2, 0.25) is 0 Å². The van der Waals surface area contributed by atoms with Crippen LogP contribution in [0.25, 0.3) is 10.2 Å². The minimum absolute atomic E-state index is 0.530. The lowest BCUT2D eigenvalue weighted by atomic mass is 9.92. The number of fused-ring (bicyclic) bond motifs is 1. The fraction of sp³-hybridized carbons (Fsp3) is 0.533.